The molecule has 298 valence electrons. The van der Waals surface area contributed by atoms with Gasteiger partial charge in [0.2, 0.25) is 0 Å². The number of ether oxygens (including phenoxy) is 1. The molecule has 14 rings (SSSR count). The highest BCUT2D eigenvalue weighted by atomic mass is 16.5. The van der Waals surface area contributed by atoms with Gasteiger partial charge in [-0.15, -0.1) is 0 Å². The molecule has 1 atom stereocenters. The Labute approximate surface area is 368 Å². The first-order valence-electron chi connectivity index (χ1n) is 21.7. The summed E-state index contributed by atoms with van der Waals surface area (Å²) in [4.78, 5) is 15.2. The van der Waals surface area contributed by atoms with Gasteiger partial charge in [-0.25, -0.2) is 15.0 Å². The van der Waals surface area contributed by atoms with Crippen LogP contribution in [0.1, 0.15) is 22.3 Å². The zero-order chi connectivity index (χ0) is 41.9. The molecule has 64 heavy (non-hydrogen) atoms. The maximum atomic E-state index is 7.35. The first-order chi connectivity index (χ1) is 31.8. The second-order valence-electron chi connectivity index (χ2n) is 16.7. The molecule has 5 heterocycles. The van der Waals surface area contributed by atoms with E-state index >= 15 is 0 Å². The summed E-state index contributed by atoms with van der Waals surface area (Å²) in [5.74, 6) is 3.53. The first-order valence-corrected chi connectivity index (χ1v) is 21.7. The monoisotopic (exact) mass is 817 g/mol. The maximum absolute atomic E-state index is 7.35. The summed E-state index contributed by atoms with van der Waals surface area (Å²) in [6.45, 7) is 0. The van der Waals surface area contributed by atoms with Gasteiger partial charge in [0, 0.05) is 55.0 Å². The molecule has 0 saturated carbocycles. The molecule has 6 heteroatoms. The maximum Gasteiger partial charge on any atom is 0.164 e. The minimum atomic E-state index is -0.700. The molecule has 2 aliphatic rings. The minimum Gasteiger partial charge on any atom is -0.454 e. The third-order valence-electron chi connectivity index (χ3n) is 13.4. The highest BCUT2D eigenvalue weighted by Crippen LogP contribution is 2.62. The normalized spacial score (nSPS) is 14.8. The van der Waals surface area contributed by atoms with Crippen molar-refractivity contribution in [3.05, 3.63) is 235 Å². The van der Waals surface area contributed by atoms with Gasteiger partial charge in [-0.3, -0.25) is 0 Å². The van der Waals surface area contributed by atoms with Crippen LogP contribution >= 0.6 is 0 Å². The Hall–Kier alpha value is -8.61. The van der Waals surface area contributed by atoms with Crippen LogP contribution in [0.15, 0.2) is 212 Å². The summed E-state index contributed by atoms with van der Waals surface area (Å²) < 4.78 is 12.2. The quantitative estimate of drug-likeness (QED) is 0.177. The Bertz CT molecular complexity index is 3830. The summed E-state index contributed by atoms with van der Waals surface area (Å²) in [5, 5.41) is 4.74. The van der Waals surface area contributed by atoms with Gasteiger partial charge >= 0.3 is 0 Å². The van der Waals surface area contributed by atoms with Crippen LogP contribution in [0.5, 0.6) is 11.5 Å². The van der Waals surface area contributed by atoms with Gasteiger partial charge in [-0.2, -0.15) is 0 Å². The number of rotatable bonds is 4. The van der Waals surface area contributed by atoms with E-state index in [-0.39, 0.29) is 0 Å². The van der Waals surface area contributed by atoms with Crippen LogP contribution in [0.25, 0.3) is 89.2 Å². The van der Waals surface area contributed by atoms with Crippen LogP contribution in [-0.2, 0) is 5.41 Å². The lowest BCUT2D eigenvalue weighted by Gasteiger charge is -2.45. The van der Waals surface area contributed by atoms with E-state index in [1.807, 2.05) is 60.7 Å². The largest absolute Gasteiger partial charge is 0.454 e. The highest BCUT2D eigenvalue weighted by Gasteiger charge is 2.51. The van der Waals surface area contributed by atoms with Gasteiger partial charge in [-0.1, -0.05) is 176 Å². The molecule has 0 fully saturated rings. The second kappa shape index (κ2) is 13.2. The van der Waals surface area contributed by atoms with Gasteiger partial charge in [0.1, 0.15) is 5.75 Å². The predicted octanol–water partition coefficient (Wildman–Crippen LogP) is 13.9. The molecule has 0 aliphatic carbocycles. The lowest BCUT2D eigenvalue weighted by molar-refractivity contribution is 0.438. The van der Waals surface area contributed by atoms with E-state index in [9.17, 15) is 0 Å². The molecule has 9 aromatic carbocycles. The molecule has 2 aliphatic heterocycles. The van der Waals surface area contributed by atoms with Crippen molar-refractivity contribution in [3.8, 4) is 57.0 Å². The summed E-state index contributed by atoms with van der Waals surface area (Å²) in [6.07, 6.45) is 0. The van der Waals surface area contributed by atoms with Gasteiger partial charge in [0.05, 0.1) is 33.2 Å². The van der Waals surface area contributed by atoms with Crippen LogP contribution in [0.3, 0.4) is 0 Å². The van der Waals surface area contributed by atoms with Crippen LogP contribution in [0.2, 0.25) is 0 Å². The molecular formula is C58H35N5O. The van der Waals surface area contributed by atoms with E-state index in [2.05, 4.69) is 161 Å². The van der Waals surface area contributed by atoms with Gasteiger partial charge < -0.3 is 13.9 Å². The Kier molecular flexibility index (Phi) is 7.22. The van der Waals surface area contributed by atoms with Crippen molar-refractivity contribution in [2.45, 2.75) is 5.41 Å². The van der Waals surface area contributed by atoms with Gasteiger partial charge in [0.25, 0.3) is 0 Å². The molecule has 0 N–H and O–H groups in total. The zero-order valence-corrected chi connectivity index (χ0v) is 34.4. The van der Waals surface area contributed by atoms with Crippen LogP contribution in [-0.4, -0.2) is 24.1 Å². The fraction of sp³-hybridized carbons (Fsp3) is 0.0172. The molecule has 0 saturated heterocycles. The van der Waals surface area contributed by atoms with Crippen molar-refractivity contribution >= 4 is 43.6 Å². The number of hydrogen-bond donors (Lipinski definition) is 0. The minimum absolute atomic E-state index is 0.601. The van der Waals surface area contributed by atoms with Crippen molar-refractivity contribution in [1.82, 2.24) is 24.1 Å². The smallest absolute Gasteiger partial charge is 0.164 e. The molecule has 12 aromatic rings. The molecule has 0 bridgehead atoms. The topological polar surface area (TPSA) is 57.8 Å². The first kappa shape index (κ1) is 35.0. The van der Waals surface area contributed by atoms with E-state index in [0.717, 1.165) is 66.8 Å². The molecule has 3 aromatic heterocycles. The van der Waals surface area contributed by atoms with E-state index < -0.39 is 5.41 Å². The lowest BCUT2D eigenvalue weighted by atomic mass is 9.61. The van der Waals surface area contributed by atoms with E-state index in [1.165, 1.54) is 38.6 Å². The Balaban J connectivity index is 1.06. The SMILES string of the molecule is c1ccc(-c2nc(-c3ccccc3)nc(-c3cccc(-n4c5ccccc5c5ccc6c(c54)Oc4ccccc4C64c5ccccc5-n5c6ccccc6c6cccc4c65)c3)n2)cc1. The van der Waals surface area contributed by atoms with Crippen molar-refractivity contribution in [1.29, 1.82) is 0 Å². The van der Waals surface area contributed by atoms with Crippen LogP contribution in [0, 0.1) is 0 Å². The predicted molar refractivity (Wildman–Crippen MR) is 257 cm³/mol. The molecule has 6 nitrogen and oxygen atoms in total. The van der Waals surface area contributed by atoms with Crippen molar-refractivity contribution in [3.63, 3.8) is 0 Å². The zero-order valence-electron chi connectivity index (χ0n) is 34.4. The number of para-hydroxylation sites is 5. The number of nitrogens with zero attached hydrogens (tertiary/aromatic N) is 5. The number of benzene rings is 9. The van der Waals surface area contributed by atoms with Crippen LogP contribution in [0.4, 0.5) is 0 Å². The molecule has 0 radical (unpaired) electrons. The molecule has 0 amide bonds. The van der Waals surface area contributed by atoms with Crippen molar-refractivity contribution in [2.24, 2.45) is 0 Å². The lowest BCUT2D eigenvalue weighted by Crippen LogP contribution is -2.37. The fourth-order valence-electron chi connectivity index (χ4n) is 10.8. The Morgan fingerprint density at radius 3 is 1.62 bits per heavy atom. The Morgan fingerprint density at radius 1 is 0.359 bits per heavy atom. The Morgan fingerprint density at radius 2 is 0.891 bits per heavy atom. The third-order valence-corrected chi connectivity index (χ3v) is 13.4. The van der Waals surface area contributed by atoms with Crippen molar-refractivity contribution in [2.75, 3.05) is 0 Å². The van der Waals surface area contributed by atoms with E-state index in [4.69, 9.17) is 19.7 Å². The number of hydrogen-bond acceptors (Lipinski definition) is 4. The number of aromatic nitrogens is 5. The average molecular weight is 818 g/mol. The van der Waals surface area contributed by atoms with E-state index in [1.54, 1.807) is 0 Å². The van der Waals surface area contributed by atoms with Gasteiger partial charge in [0.15, 0.2) is 23.2 Å². The third kappa shape index (κ3) is 4.71. The standard InChI is InChI=1S/C58H35N5O/c1-3-17-36(18-4-1)55-59-56(37-19-5-2-6-20-37)61-57(60-55)38-21-15-22-39(35-38)62-48-29-11-7-24-41(48)43-33-34-47-54(53(43)62)64-51-32-14-10-27-45(51)58(47)44-26-9-13-31-50(44)63-49-30-12-8-23-40(49)42-25-16-28-46(58)52(42)63/h1-35H. The molecule has 1 spiro atoms. The van der Waals surface area contributed by atoms with Crippen LogP contribution < -0.4 is 4.74 Å². The van der Waals surface area contributed by atoms with Gasteiger partial charge in [-0.05, 0) is 47.5 Å². The second-order valence-corrected chi connectivity index (χ2v) is 16.7. The summed E-state index contributed by atoms with van der Waals surface area (Å²) >= 11 is 0. The summed E-state index contributed by atoms with van der Waals surface area (Å²) in [6, 6.07) is 75.3. The molecular weight excluding hydrogens is 783 g/mol. The summed E-state index contributed by atoms with van der Waals surface area (Å²) in [7, 11) is 0. The van der Waals surface area contributed by atoms with E-state index in [0.29, 0.717) is 17.5 Å². The number of fused-ring (bicyclic) bond motifs is 15. The highest BCUT2D eigenvalue weighted by molar-refractivity contribution is 6.14. The fourth-order valence-corrected chi connectivity index (χ4v) is 10.8. The average Bonchev–Trinajstić information content (AvgIpc) is 3.90. The van der Waals surface area contributed by atoms with Crippen molar-refractivity contribution < 1.29 is 4.74 Å². The molecule has 1 unspecified atom stereocenters. The summed E-state index contributed by atoms with van der Waals surface area (Å²) in [5.41, 5.74) is 13.4.